The number of rotatable bonds is 7. The molecule has 0 radical (unpaired) electrons. The fourth-order valence-corrected chi connectivity index (χ4v) is 4.02. The number of benzene rings is 2. The molecule has 10 heteroatoms. The topological polar surface area (TPSA) is 123 Å². The fourth-order valence-electron chi connectivity index (χ4n) is 2.78. The van der Waals surface area contributed by atoms with E-state index in [9.17, 15) is 18.5 Å². The van der Waals surface area contributed by atoms with E-state index in [-0.39, 0.29) is 16.3 Å². The third kappa shape index (κ3) is 4.91. The molecule has 0 saturated carbocycles. The number of nitro benzene ring substituents is 1. The molecule has 2 N–H and O–H groups in total. The smallest absolute Gasteiger partial charge is 0.270 e. The molecule has 2 aromatic rings. The van der Waals surface area contributed by atoms with Crippen LogP contribution in [-0.4, -0.2) is 26.2 Å². The van der Waals surface area contributed by atoms with Gasteiger partial charge in [0.2, 0.25) is 0 Å². The zero-order valence-corrected chi connectivity index (χ0v) is 16.7. The van der Waals surface area contributed by atoms with Gasteiger partial charge in [0.05, 0.1) is 23.4 Å². The van der Waals surface area contributed by atoms with Crippen LogP contribution in [0.1, 0.15) is 19.8 Å². The van der Waals surface area contributed by atoms with Crippen molar-refractivity contribution in [2.75, 3.05) is 17.3 Å². The molecule has 0 spiro atoms. The second kappa shape index (κ2) is 8.31. The van der Waals surface area contributed by atoms with Crippen molar-refractivity contribution in [3.8, 4) is 5.75 Å². The van der Waals surface area contributed by atoms with Crippen LogP contribution in [0, 0.1) is 10.1 Å². The van der Waals surface area contributed by atoms with E-state index in [0.717, 1.165) is 24.6 Å². The van der Waals surface area contributed by atoms with Crippen LogP contribution in [0.3, 0.4) is 0 Å². The van der Waals surface area contributed by atoms with E-state index in [2.05, 4.69) is 15.2 Å². The summed E-state index contributed by atoms with van der Waals surface area (Å²) in [4.78, 5) is 10.2. The number of sulfonamides is 1. The largest absolute Gasteiger partial charge is 0.497 e. The van der Waals surface area contributed by atoms with E-state index in [1.165, 1.54) is 36.9 Å². The first-order valence-corrected chi connectivity index (χ1v) is 10.2. The molecule has 29 heavy (non-hydrogen) atoms. The monoisotopic (exact) mass is 416 g/mol. The lowest BCUT2D eigenvalue weighted by atomic mass is 10.3. The first-order valence-electron chi connectivity index (χ1n) is 8.73. The highest BCUT2D eigenvalue weighted by Crippen LogP contribution is 2.29. The van der Waals surface area contributed by atoms with Gasteiger partial charge < -0.3 is 4.74 Å². The molecule has 0 bridgehead atoms. The predicted octanol–water partition coefficient (Wildman–Crippen LogP) is 3.91. The predicted molar refractivity (Wildman–Crippen MR) is 111 cm³/mol. The Morgan fingerprint density at radius 2 is 1.86 bits per heavy atom. The van der Waals surface area contributed by atoms with Crippen LogP contribution in [0.2, 0.25) is 0 Å². The highest BCUT2D eigenvalue weighted by Gasteiger charge is 2.23. The van der Waals surface area contributed by atoms with Crippen molar-refractivity contribution in [3.63, 3.8) is 0 Å². The lowest BCUT2D eigenvalue weighted by molar-refractivity contribution is -0.385. The average molecular weight is 416 g/mol. The molecule has 9 nitrogen and oxygen atoms in total. The summed E-state index contributed by atoms with van der Waals surface area (Å²) in [7, 11) is -2.62. The first-order chi connectivity index (χ1) is 13.8. The summed E-state index contributed by atoms with van der Waals surface area (Å²) in [5.74, 6) is 0.571. The number of anilines is 2. The van der Waals surface area contributed by atoms with E-state index in [1.54, 1.807) is 12.1 Å². The van der Waals surface area contributed by atoms with Crippen LogP contribution in [0.15, 0.2) is 64.1 Å². The Morgan fingerprint density at radius 3 is 2.45 bits per heavy atom. The number of non-ortho nitro benzene ring substituents is 1. The third-order valence-electron chi connectivity index (χ3n) is 4.32. The van der Waals surface area contributed by atoms with Gasteiger partial charge in [-0.2, -0.15) is 5.10 Å². The van der Waals surface area contributed by atoms with Crippen LogP contribution < -0.4 is 14.9 Å². The van der Waals surface area contributed by atoms with Crippen molar-refractivity contribution in [1.82, 2.24) is 0 Å². The minimum absolute atomic E-state index is 0.141. The van der Waals surface area contributed by atoms with Gasteiger partial charge in [-0.25, -0.2) is 8.42 Å². The molecule has 0 heterocycles. The Kier molecular flexibility index (Phi) is 5.83. The van der Waals surface area contributed by atoms with Crippen LogP contribution in [-0.2, 0) is 10.0 Å². The molecule has 0 aromatic heterocycles. The normalized spacial score (nSPS) is 15.1. The summed E-state index contributed by atoms with van der Waals surface area (Å²) >= 11 is 0. The van der Waals surface area contributed by atoms with E-state index in [4.69, 9.17) is 4.74 Å². The molecular formula is C19H20N4O5S. The second-order valence-electron chi connectivity index (χ2n) is 6.48. The van der Waals surface area contributed by atoms with E-state index < -0.39 is 14.9 Å². The standard InChI is InChI=1S/C19H20N4O5S/c1-13-3-4-15(11-13)20-21-18-10-7-16(23(24)25)12-19(18)29(26,27)22-14-5-8-17(28-2)9-6-14/h5-12,21-22H,3-4H2,1-2H3/b20-15-. The minimum Gasteiger partial charge on any atom is -0.497 e. The van der Waals surface area contributed by atoms with E-state index in [1.807, 2.05) is 13.0 Å². The van der Waals surface area contributed by atoms with Crippen LogP contribution in [0.5, 0.6) is 5.75 Å². The summed E-state index contributed by atoms with van der Waals surface area (Å²) in [5.41, 5.74) is 4.80. The lowest BCUT2D eigenvalue weighted by Crippen LogP contribution is -2.15. The third-order valence-corrected chi connectivity index (χ3v) is 5.74. The van der Waals surface area contributed by atoms with Crippen molar-refractivity contribution in [2.24, 2.45) is 5.10 Å². The summed E-state index contributed by atoms with van der Waals surface area (Å²) in [5, 5.41) is 15.4. The summed E-state index contributed by atoms with van der Waals surface area (Å²) < 4.78 is 33.3. The Morgan fingerprint density at radius 1 is 1.14 bits per heavy atom. The Bertz CT molecular complexity index is 1090. The van der Waals surface area contributed by atoms with Gasteiger partial charge in [-0.3, -0.25) is 20.3 Å². The number of allylic oxidation sites excluding steroid dienone is 2. The average Bonchev–Trinajstić information content (AvgIpc) is 3.11. The molecular weight excluding hydrogens is 396 g/mol. The SMILES string of the molecule is COc1ccc(NS(=O)(=O)c2cc([N+](=O)[O-])ccc2N/N=C2\C=C(C)CC2)cc1. The summed E-state index contributed by atoms with van der Waals surface area (Å²) in [6.07, 6.45) is 3.56. The quantitative estimate of drug-likeness (QED) is 0.521. The molecule has 0 fully saturated rings. The van der Waals surface area contributed by atoms with Crippen molar-refractivity contribution < 1.29 is 18.1 Å². The molecule has 0 saturated heterocycles. The number of hydrogen-bond donors (Lipinski definition) is 2. The van der Waals surface area contributed by atoms with Crippen molar-refractivity contribution in [3.05, 3.63) is 64.2 Å². The van der Waals surface area contributed by atoms with Gasteiger partial charge in [0.15, 0.2) is 0 Å². The number of nitro groups is 1. The lowest BCUT2D eigenvalue weighted by Gasteiger charge is -2.12. The molecule has 152 valence electrons. The highest BCUT2D eigenvalue weighted by atomic mass is 32.2. The van der Waals surface area contributed by atoms with Gasteiger partial charge in [0, 0.05) is 17.8 Å². The van der Waals surface area contributed by atoms with Crippen LogP contribution >= 0.6 is 0 Å². The van der Waals surface area contributed by atoms with Crippen LogP contribution in [0.4, 0.5) is 17.1 Å². The van der Waals surface area contributed by atoms with Crippen molar-refractivity contribution in [2.45, 2.75) is 24.7 Å². The van der Waals surface area contributed by atoms with Gasteiger partial charge in [0.25, 0.3) is 15.7 Å². The zero-order chi connectivity index (χ0) is 21.0. The molecule has 2 aromatic carbocycles. The number of nitrogens with one attached hydrogen (secondary N) is 2. The molecule has 1 aliphatic rings. The number of ether oxygens (including phenoxy) is 1. The molecule has 0 unspecified atom stereocenters. The van der Waals surface area contributed by atoms with Gasteiger partial charge in [-0.1, -0.05) is 5.57 Å². The molecule has 0 atom stereocenters. The molecule has 0 amide bonds. The Hall–Kier alpha value is -3.40. The maximum atomic E-state index is 12.9. The fraction of sp³-hybridized carbons (Fsp3) is 0.211. The van der Waals surface area contributed by atoms with Gasteiger partial charge in [0.1, 0.15) is 10.6 Å². The maximum Gasteiger partial charge on any atom is 0.270 e. The summed E-state index contributed by atoms with van der Waals surface area (Å²) in [6, 6.07) is 9.84. The van der Waals surface area contributed by atoms with Crippen LogP contribution in [0.25, 0.3) is 0 Å². The number of nitrogens with zero attached hydrogens (tertiary/aromatic N) is 2. The summed E-state index contributed by atoms with van der Waals surface area (Å²) in [6.45, 7) is 1.99. The van der Waals surface area contributed by atoms with Gasteiger partial charge in [-0.05, 0) is 56.2 Å². The minimum atomic E-state index is -4.12. The molecule has 3 rings (SSSR count). The number of hydrogen-bond acceptors (Lipinski definition) is 7. The van der Waals surface area contributed by atoms with E-state index >= 15 is 0 Å². The zero-order valence-electron chi connectivity index (χ0n) is 15.9. The highest BCUT2D eigenvalue weighted by molar-refractivity contribution is 7.92. The first kappa shape index (κ1) is 20.3. The molecule has 1 aliphatic carbocycles. The van der Waals surface area contributed by atoms with Gasteiger partial charge >= 0.3 is 0 Å². The second-order valence-corrected chi connectivity index (χ2v) is 8.13. The number of methoxy groups -OCH3 is 1. The van der Waals surface area contributed by atoms with Crippen molar-refractivity contribution >= 4 is 32.8 Å². The van der Waals surface area contributed by atoms with Gasteiger partial charge in [-0.15, -0.1) is 0 Å². The maximum absolute atomic E-state index is 12.9. The van der Waals surface area contributed by atoms with E-state index in [0.29, 0.717) is 11.4 Å². The Balaban J connectivity index is 1.95. The van der Waals surface area contributed by atoms with Crippen molar-refractivity contribution in [1.29, 1.82) is 0 Å². The molecule has 0 aliphatic heterocycles. The Labute approximate surface area is 168 Å². The number of hydrazone groups is 1.